The minimum absolute atomic E-state index is 0.166. The summed E-state index contributed by atoms with van der Waals surface area (Å²) in [6, 6.07) is 0. The van der Waals surface area contributed by atoms with Gasteiger partial charge in [-0.2, -0.15) is 0 Å². The fourth-order valence-corrected chi connectivity index (χ4v) is 1.79. The van der Waals surface area contributed by atoms with Crippen molar-refractivity contribution >= 4 is 15.6 Å². The molecular weight excluding hydrogens is 310 g/mol. The molecule has 0 spiro atoms. The Morgan fingerprint density at radius 3 is 1.45 bits per heavy atom. The van der Waals surface area contributed by atoms with E-state index in [2.05, 4.69) is 11.4 Å². The lowest BCUT2D eigenvalue weighted by atomic mass is 10.1. The molecule has 0 aromatic heterocycles. The predicted octanol–water partition coefficient (Wildman–Crippen LogP) is 2.31. The van der Waals surface area contributed by atoms with Crippen molar-refractivity contribution < 1.29 is 38.1 Å². The molecule has 0 rings (SSSR count). The highest BCUT2D eigenvalue weighted by atomic mass is 31.2. The second-order valence-electron chi connectivity index (χ2n) is 4.31. The highest BCUT2D eigenvalue weighted by molar-refractivity contribution is 7.46. The fourth-order valence-electron chi connectivity index (χ4n) is 1.42. The Morgan fingerprint density at radius 2 is 1.10 bits per heavy atom. The molecule has 0 unspecified atom stereocenters. The third kappa shape index (κ3) is 36.2. The number of hydrogen-bond acceptors (Lipinski definition) is 3. The Hall–Kier alpha value is 0.220. The van der Waals surface area contributed by atoms with Crippen molar-refractivity contribution in [1.82, 2.24) is 0 Å². The molecule has 0 atom stereocenters. The Bertz CT molecular complexity index is 289. The molecule has 0 aliphatic heterocycles. The van der Waals surface area contributed by atoms with Crippen molar-refractivity contribution in [1.29, 1.82) is 0 Å². The summed E-state index contributed by atoms with van der Waals surface area (Å²) < 4.78 is 23.5. The van der Waals surface area contributed by atoms with E-state index in [9.17, 15) is 4.57 Å². The van der Waals surface area contributed by atoms with Crippen LogP contribution in [-0.2, 0) is 13.7 Å². The summed E-state index contributed by atoms with van der Waals surface area (Å²) in [5, 5.41) is 0. The van der Waals surface area contributed by atoms with Gasteiger partial charge < -0.3 is 24.5 Å². The third-order valence-electron chi connectivity index (χ3n) is 2.26. The molecule has 0 bridgehead atoms. The molecule has 0 fully saturated rings. The first-order valence-electron chi connectivity index (χ1n) is 6.54. The van der Waals surface area contributed by atoms with E-state index in [1.165, 1.54) is 32.1 Å². The predicted molar refractivity (Wildman–Crippen MR) is 74.9 cm³/mol. The maximum atomic E-state index is 10.3. The van der Waals surface area contributed by atoms with Crippen LogP contribution in [0.4, 0.5) is 0 Å². The van der Waals surface area contributed by atoms with Crippen molar-refractivity contribution in [3.63, 3.8) is 0 Å². The summed E-state index contributed by atoms with van der Waals surface area (Å²) in [4.78, 5) is 38.4. The van der Waals surface area contributed by atoms with E-state index in [1.807, 2.05) is 0 Å². The average Bonchev–Trinajstić information content (AvgIpc) is 2.23. The van der Waals surface area contributed by atoms with Gasteiger partial charge in [0.2, 0.25) is 0 Å². The van der Waals surface area contributed by atoms with Crippen molar-refractivity contribution in [3.8, 4) is 0 Å². The molecule has 0 aliphatic carbocycles. The van der Waals surface area contributed by atoms with Crippen molar-refractivity contribution in [2.75, 3.05) is 6.61 Å². The lowest BCUT2D eigenvalue weighted by Gasteiger charge is -2.04. The Balaban J connectivity index is 0. The zero-order chi connectivity index (χ0) is 16.1. The Labute approximate surface area is 119 Å². The van der Waals surface area contributed by atoms with E-state index in [0.29, 0.717) is 0 Å². The van der Waals surface area contributed by atoms with Crippen LogP contribution in [0.25, 0.3) is 0 Å². The van der Waals surface area contributed by atoms with Crippen LogP contribution in [0.2, 0.25) is 0 Å². The summed E-state index contributed by atoms with van der Waals surface area (Å²) >= 11 is 0. The summed E-state index contributed by atoms with van der Waals surface area (Å²) in [7, 11) is -8.87. The molecular formula is C10H26O8P2. The van der Waals surface area contributed by atoms with Gasteiger partial charge in [-0.3, -0.25) is 4.52 Å². The topological polar surface area (TPSA) is 145 Å². The molecule has 0 aromatic rings. The van der Waals surface area contributed by atoms with Crippen molar-refractivity contribution in [3.05, 3.63) is 0 Å². The SMILES string of the molecule is CCCCCCCCCCOP(=O)(O)O.O=P(O)(O)O. The lowest BCUT2D eigenvalue weighted by Crippen LogP contribution is -1.92. The van der Waals surface area contributed by atoms with E-state index in [-0.39, 0.29) is 6.61 Å². The molecule has 0 aromatic carbocycles. The Kier molecular flexibility index (Phi) is 14.5. The molecule has 20 heavy (non-hydrogen) atoms. The second kappa shape index (κ2) is 12.9. The number of unbranched alkanes of at least 4 members (excludes halogenated alkanes) is 7. The molecule has 0 heterocycles. The zero-order valence-electron chi connectivity index (χ0n) is 11.7. The standard InChI is InChI=1S/C10H23O4P.H3O4P/c1-2-3-4-5-6-7-8-9-10-14-15(11,12)13;1-5(2,3)4/h2-10H2,1H3,(H2,11,12,13);(H3,1,2,3,4). The van der Waals surface area contributed by atoms with Gasteiger partial charge in [0.15, 0.2) is 0 Å². The van der Waals surface area contributed by atoms with Gasteiger partial charge >= 0.3 is 15.6 Å². The van der Waals surface area contributed by atoms with Crippen LogP contribution in [0.5, 0.6) is 0 Å². The largest absolute Gasteiger partial charge is 0.469 e. The smallest absolute Gasteiger partial charge is 0.303 e. The van der Waals surface area contributed by atoms with Gasteiger partial charge in [-0.1, -0.05) is 51.9 Å². The monoisotopic (exact) mass is 336 g/mol. The van der Waals surface area contributed by atoms with Gasteiger partial charge in [0.25, 0.3) is 0 Å². The molecule has 0 aliphatic rings. The number of hydrogen-bond donors (Lipinski definition) is 5. The maximum absolute atomic E-state index is 10.3. The molecule has 5 N–H and O–H groups in total. The zero-order valence-corrected chi connectivity index (χ0v) is 13.5. The molecule has 0 saturated carbocycles. The van der Waals surface area contributed by atoms with Gasteiger partial charge in [0, 0.05) is 0 Å². The van der Waals surface area contributed by atoms with Gasteiger partial charge in [-0.25, -0.2) is 9.13 Å². The summed E-state index contributed by atoms with van der Waals surface area (Å²) in [5.74, 6) is 0. The second-order valence-corrected chi connectivity index (χ2v) is 6.58. The van der Waals surface area contributed by atoms with Gasteiger partial charge in [0.1, 0.15) is 0 Å². The number of phosphoric ester groups is 1. The first kappa shape index (κ1) is 22.5. The maximum Gasteiger partial charge on any atom is 0.469 e. The quantitative estimate of drug-likeness (QED) is 0.302. The van der Waals surface area contributed by atoms with Crippen LogP contribution in [0.15, 0.2) is 0 Å². The van der Waals surface area contributed by atoms with E-state index in [0.717, 1.165) is 19.3 Å². The Morgan fingerprint density at radius 1 is 0.750 bits per heavy atom. The van der Waals surface area contributed by atoms with Crippen LogP contribution in [0.1, 0.15) is 58.3 Å². The van der Waals surface area contributed by atoms with Crippen LogP contribution < -0.4 is 0 Å². The van der Waals surface area contributed by atoms with E-state index in [1.54, 1.807) is 0 Å². The van der Waals surface area contributed by atoms with E-state index < -0.39 is 15.6 Å². The van der Waals surface area contributed by atoms with Crippen LogP contribution in [0, 0.1) is 0 Å². The van der Waals surface area contributed by atoms with Gasteiger partial charge in [-0.05, 0) is 6.42 Å². The minimum atomic E-state index is -4.64. The van der Waals surface area contributed by atoms with E-state index in [4.69, 9.17) is 29.0 Å². The molecule has 124 valence electrons. The molecule has 10 heteroatoms. The molecule has 0 saturated heterocycles. The van der Waals surface area contributed by atoms with Crippen LogP contribution in [0.3, 0.4) is 0 Å². The summed E-state index contributed by atoms with van der Waals surface area (Å²) in [5.41, 5.74) is 0. The highest BCUT2D eigenvalue weighted by Crippen LogP contribution is 2.35. The highest BCUT2D eigenvalue weighted by Gasteiger charge is 2.12. The van der Waals surface area contributed by atoms with Gasteiger partial charge in [-0.15, -0.1) is 0 Å². The molecule has 8 nitrogen and oxygen atoms in total. The lowest BCUT2D eigenvalue weighted by molar-refractivity contribution is 0.193. The molecule has 0 amide bonds. The molecule has 0 radical (unpaired) electrons. The first-order chi connectivity index (χ1) is 9.06. The summed E-state index contributed by atoms with van der Waals surface area (Å²) in [6.07, 6.45) is 9.22. The number of rotatable bonds is 10. The van der Waals surface area contributed by atoms with Crippen LogP contribution >= 0.6 is 15.6 Å². The third-order valence-corrected chi connectivity index (χ3v) is 2.78. The minimum Gasteiger partial charge on any atom is -0.303 e. The normalized spacial score (nSPS) is 11.9. The van der Waals surface area contributed by atoms with Gasteiger partial charge in [0.05, 0.1) is 6.61 Å². The van der Waals surface area contributed by atoms with Crippen LogP contribution in [-0.4, -0.2) is 31.1 Å². The first-order valence-corrected chi connectivity index (χ1v) is 9.64. The summed E-state index contributed by atoms with van der Waals surface area (Å²) in [6.45, 7) is 2.36. The van der Waals surface area contributed by atoms with Crippen molar-refractivity contribution in [2.24, 2.45) is 0 Å². The number of phosphoric acid groups is 2. The van der Waals surface area contributed by atoms with E-state index >= 15 is 0 Å². The van der Waals surface area contributed by atoms with Crippen molar-refractivity contribution in [2.45, 2.75) is 58.3 Å². The average molecular weight is 336 g/mol. The fraction of sp³-hybridized carbons (Fsp3) is 1.00.